The summed E-state index contributed by atoms with van der Waals surface area (Å²) in [5.41, 5.74) is 1.72. The maximum atomic E-state index is 12.6. The lowest BCUT2D eigenvalue weighted by molar-refractivity contribution is -0.125. The Morgan fingerprint density at radius 2 is 1.73 bits per heavy atom. The summed E-state index contributed by atoms with van der Waals surface area (Å²) in [4.78, 5) is 12.6. The van der Waals surface area contributed by atoms with E-state index >= 15 is 0 Å². The highest BCUT2D eigenvalue weighted by atomic mass is 35.5. The summed E-state index contributed by atoms with van der Waals surface area (Å²) in [7, 11) is 0. The van der Waals surface area contributed by atoms with E-state index in [4.69, 9.17) is 11.6 Å². The van der Waals surface area contributed by atoms with E-state index in [1.54, 1.807) is 0 Å². The highest BCUT2D eigenvalue weighted by molar-refractivity contribution is 6.30. The molecule has 1 amide bonds. The van der Waals surface area contributed by atoms with Crippen molar-refractivity contribution in [2.45, 2.75) is 37.6 Å². The predicted molar refractivity (Wildman–Crippen MR) is 90.2 cm³/mol. The Bertz CT molecular complexity index is 664. The third-order valence-electron chi connectivity index (χ3n) is 4.47. The van der Waals surface area contributed by atoms with Crippen LogP contribution in [0.25, 0.3) is 0 Å². The van der Waals surface area contributed by atoms with E-state index in [9.17, 15) is 4.79 Å². The molecule has 2 unspecified atom stereocenters. The van der Waals surface area contributed by atoms with Gasteiger partial charge in [0.1, 0.15) is 0 Å². The number of nitrogens with one attached hydrogen (secondary N) is 1. The minimum Gasteiger partial charge on any atom is -0.352 e. The summed E-state index contributed by atoms with van der Waals surface area (Å²) in [6.45, 7) is 3.90. The maximum absolute atomic E-state index is 12.6. The minimum absolute atomic E-state index is 0.0678. The first-order chi connectivity index (χ1) is 10.5. The lowest BCUT2D eigenvalue weighted by Gasteiger charge is -2.24. The van der Waals surface area contributed by atoms with E-state index < -0.39 is 5.41 Å². The van der Waals surface area contributed by atoms with E-state index in [0.717, 1.165) is 12.0 Å². The van der Waals surface area contributed by atoms with E-state index in [2.05, 4.69) is 17.4 Å². The number of amides is 1. The first-order valence-corrected chi connectivity index (χ1v) is 7.98. The molecular formula is C19H20ClNO. The molecule has 1 fully saturated rings. The van der Waals surface area contributed by atoms with Crippen molar-refractivity contribution in [2.24, 2.45) is 0 Å². The van der Waals surface area contributed by atoms with Gasteiger partial charge in [-0.1, -0.05) is 54.1 Å². The fraction of sp³-hybridized carbons (Fsp3) is 0.316. The van der Waals surface area contributed by atoms with Gasteiger partial charge in [0.15, 0.2) is 0 Å². The molecule has 0 saturated heterocycles. The molecule has 0 spiro atoms. The van der Waals surface area contributed by atoms with E-state index in [0.29, 0.717) is 10.9 Å². The van der Waals surface area contributed by atoms with Gasteiger partial charge < -0.3 is 5.32 Å². The van der Waals surface area contributed by atoms with Crippen LogP contribution in [0.5, 0.6) is 0 Å². The molecule has 2 aromatic rings. The molecule has 0 aliphatic heterocycles. The van der Waals surface area contributed by atoms with Gasteiger partial charge in [-0.3, -0.25) is 4.79 Å². The second-order valence-corrected chi connectivity index (χ2v) is 6.90. The summed E-state index contributed by atoms with van der Waals surface area (Å²) >= 11 is 5.92. The summed E-state index contributed by atoms with van der Waals surface area (Å²) in [6.07, 6.45) is 1.02. The molecule has 1 aliphatic rings. The van der Waals surface area contributed by atoms with E-state index in [-0.39, 0.29) is 11.9 Å². The van der Waals surface area contributed by atoms with Crippen LogP contribution >= 0.6 is 11.6 Å². The van der Waals surface area contributed by atoms with Gasteiger partial charge in [0.05, 0.1) is 5.41 Å². The fourth-order valence-corrected chi connectivity index (χ4v) is 2.90. The largest absolute Gasteiger partial charge is 0.352 e. The molecule has 0 aromatic heterocycles. The van der Waals surface area contributed by atoms with Gasteiger partial charge >= 0.3 is 0 Å². The third kappa shape index (κ3) is 3.02. The van der Waals surface area contributed by atoms with Crippen LogP contribution in [-0.2, 0) is 10.2 Å². The average Bonchev–Trinajstić information content (AvgIpc) is 3.28. The standard InChI is InChI=1S/C19H20ClNO/c1-19(2,14-8-10-15(20)11-9-14)18(22)21-17-12-16(17)13-6-4-3-5-7-13/h3-11,16-17H,12H2,1-2H3,(H,21,22). The third-order valence-corrected chi connectivity index (χ3v) is 4.72. The molecule has 22 heavy (non-hydrogen) atoms. The fourth-order valence-electron chi connectivity index (χ4n) is 2.77. The van der Waals surface area contributed by atoms with Crippen LogP contribution in [0, 0.1) is 0 Å². The van der Waals surface area contributed by atoms with Gasteiger partial charge in [0.2, 0.25) is 5.91 Å². The quantitative estimate of drug-likeness (QED) is 0.896. The molecule has 2 aromatic carbocycles. The summed E-state index contributed by atoms with van der Waals surface area (Å²) in [6, 6.07) is 18.1. The first-order valence-electron chi connectivity index (χ1n) is 7.60. The Labute approximate surface area is 136 Å². The molecule has 3 rings (SSSR count). The van der Waals surface area contributed by atoms with Gasteiger partial charge in [-0.05, 0) is 43.5 Å². The van der Waals surface area contributed by atoms with E-state index in [1.807, 2.05) is 56.3 Å². The number of rotatable bonds is 4. The SMILES string of the molecule is CC(C)(C(=O)NC1CC1c1ccccc1)c1ccc(Cl)cc1. The molecule has 3 heteroatoms. The van der Waals surface area contributed by atoms with Crippen molar-refractivity contribution in [3.05, 3.63) is 70.7 Å². The zero-order valence-corrected chi connectivity index (χ0v) is 13.6. The summed E-state index contributed by atoms with van der Waals surface area (Å²) < 4.78 is 0. The van der Waals surface area contributed by atoms with Gasteiger partial charge in [-0.2, -0.15) is 0 Å². The van der Waals surface area contributed by atoms with Crippen LogP contribution in [0.3, 0.4) is 0 Å². The van der Waals surface area contributed by atoms with Gasteiger partial charge in [-0.25, -0.2) is 0 Å². The number of carbonyl (C=O) groups is 1. The van der Waals surface area contributed by atoms with Crippen LogP contribution < -0.4 is 5.32 Å². The smallest absolute Gasteiger partial charge is 0.230 e. The predicted octanol–water partition coefficient (Wildman–Crippen LogP) is 4.29. The molecule has 1 N–H and O–H groups in total. The van der Waals surface area contributed by atoms with Crippen LogP contribution in [0.15, 0.2) is 54.6 Å². The second-order valence-electron chi connectivity index (χ2n) is 6.46. The van der Waals surface area contributed by atoms with Crippen LogP contribution in [-0.4, -0.2) is 11.9 Å². The number of hydrogen-bond acceptors (Lipinski definition) is 1. The first kappa shape index (κ1) is 15.1. The lowest BCUT2D eigenvalue weighted by Crippen LogP contribution is -2.41. The van der Waals surface area contributed by atoms with E-state index in [1.165, 1.54) is 5.56 Å². The molecule has 114 valence electrons. The normalized spacial score (nSPS) is 20.5. The summed E-state index contributed by atoms with van der Waals surface area (Å²) in [5.74, 6) is 0.518. The number of carbonyl (C=O) groups excluding carboxylic acids is 1. The van der Waals surface area contributed by atoms with Crippen molar-refractivity contribution >= 4 is 17.5 Å². The molecule has 2 atom stereocenters. The highest BCUT2D eigenvalue weighted by Crippen LogP contribution is 2.41. The van der Waals surface area contributed by atoms with Crippen molar-refractivity contribution in [3.8, 4) is 0 Å². The van der Waals surface area contributed by atoms with Crippen molar-refractivity contribution < 1.29 is 4.79 Å². The number of halogens is 1. The second kappa shape index (κ2) is 5.77. The minimum atomic E-state index is -0.561. The van der Waals surface area contributed by atoms with Crippen LogP contribution in [0.1, 0.15) is 37.3 Å². The Morgan fingerprint density at radius 1 is 1.09 bits per heavy atom. The summed E-state index contributed by atoms with van der Waals surface area (Å²) in [5, 5.41) is 3.87. The topological polar surface area (TPSA) is 29.1 Å². The molecule has 2 nitrogen and oxygen atoms in total. The monoisotopic (exact) mass is 313 g/mol. The molecule has 1 aliphatic carbocycles. The average molecular weight is 314 g/mol. The maximum Gasteiger partial charge on any atom is 0.230 e. The zero-order chi connectivity index (χ0) is 15.7. The Kier molecular flexibility index (Phi) is 3.96. The Morgan fingerprint density at radius 3 is 2.36 bits per heavy atom. The van der Waals surface area contributed by atoms with Crippen LogP contribution in [0.2, 0.25) is 5.02 Å². The number of hydrogen-bond donors (Lipinski definition) is 1. The Hall–Kier alpha value is -1.80. The van der Waals surface area contributed by atoms with Gasteiger partial charge in [0, 0.05) is 17.0 Å². The number of benzene rings is 2. The van der Waals surface area contributed by atoms with Gasteiger partial charge in [0.25, 0.3) is 0 Å². The molecule has 1 saturated carbocycles. The zero-order valence-electron chi connectivity index (χ0n) is 12.8. The van der Waals surface area contributed by atoms with Crippen molar-refractivity contribution in [1.29, 1.82) is 0 Å². The molecule has 0 bridgehead atoms. The van der Waals surface area contributed by atoms with Crippen molar-refractivity contribution in [3.63, 3.8) is 0 Å². The van der Waals surface area contributed by atoms with Crippen molar-refractivity contribution in [1.82, 2.24) is 5.32 Å². The molecule has 0 radical (unpaired) electrons. The molecule has 0 heterocycles. The molecular weight excluding hydrogens is 294 g/mol. The highest BCUT2D eigenvalue weighted by Gasteiger charge is 2.42. The Balaban J connectivity index is 1.66. The van der Waals surface area contributed by atoms with Crippen LogP contribution in [0.4, 0.5) is 0 Å². The lowest BCUT2D eigenvalue weighted by atomic mass is 9.83. The van der Waals surface area contributed by atoms with Gasteiger partial charge in [-0.15, -0.1) is 0 Å². The van der Waals surface area contributed by atoms with Crippen molar-refractivity contribution in [2.75, 3.05) is 0 Å².